The van der Waals surface area contributed by atoms with Gasteiger partial charge in [-0.15, -0.1) is 5.10 Å². The van der Waals surface area contributed by atoms with E-state index in [-0.39, 0.29) is 5.69 Å². The molecule has 0 atom stereocenters. The van der Waals surface area contributed by atoms with E-state index in [9.17, 15) is 10.1 Å². The molecule has 0 amide bonds. The van der Waals surface area contributed by atoms with Gasteiger partial charge in [-0.05, 0) is 16.9 Å². The highest BCUT2D eigenvalue weighted by Crippen LogP contribution is 2.33. The maximum atomic E-state index is 10.9. The van der Waals surface area contributed by atoms with E-state index in [1.165, 1.54) is 0 Å². The van der Waals surface area contributed by atoms with Crippen LogP contribution >= 0.6 is 11.5 Å². The van der Waals surface area contributed by atoms with Crippen molar-refractivity contribution in [2.75, 3.05) is 0 Å². The molecule has 0 aliphatic carbocycles. The third-order valence-electron chi connectivity index (χ3n) is 2.43. The van der Waals surface area contributed by atoms with Gasteiger partial charge in [-0.3, -0.25) is 10.1 Å². The van der Waals surface area contributed by atoms with Gasteiger partial charge in [0, 0.05) is 11.5 Å². The van der Waals surface area contributed by atoms with Crippen LogP contribution in [0.1, 0.15) is 0 Å². The summed E-state index contributed by atoms with van der Waals surface area (Å²) in [6.45, 7) is 0. The quantitative estimate of drug-likeness (QED) is 0.477. The summed E-state index contributed by atoms with van der Waals surface area (Å²) in [7, 11) is 0. The molecule has 0 fully saturated rings. The minimum Gasteiger partial charge on any atom is -0.258 e. The Hall–Kier alpha value is -2.08. The fraction of sp³-hybridized carbons (Fsp3) is 0. The normalized spacial score (nSPS) is 11.0. The van der Waals surface area contributed by atoms with E-state index >= 15 is 0 Å². The topological polar surface area (TPSA) is 68.9 Å². The molecule has 0 aliphatic heterocycles. The number of non-ortho nitro benzene ring substituents is 1. The average molecular weight is 231 g/mol. The fourth-order valence-corrected chi connectivity index (χ4v) is 2.39. The first-order valence-corrected chi connectivity index (χ1v) is 5.33. The number of benzene rings is 2. The zero-order valence-corrected chi connectivity index (χ0v) is 8.77. The predicted molar refractivity (Wildman–Crippen MR) is 61.6 cm³/mol. The molecule has 6 heteroatoms. The zero-order valence-electron chi connectivity index (χ0n) is 7.95. The Labute approximate surface area is 93.6 Å². The summed E-state index contributed by atoms with van der Waals surface area (Å²) in [5.74, 6) is 0. The van der Waals surface area contributed by atoms with E-state index in [1.807, 2.05) is 24.3 Å². The molecule has 0 spiro atoms. The van der Waals surface area contributed by atoms with Crippen molar-refractivity contribution >= 4 is 38.2 Å². The first kappa shape index (κ1) is 9.17. The monoisotopic (exact) mass is 231 g/mol. The van der Waals surface area contributed by atoms with Gasteiger partial charge >= 0.3 is 0 Å². The maximum absolute atomic E-state index is 10.9. The molecule has 3 rings (SSSR count). The van der Waals surface area contributed by atoms with Crippen molar-refractivity contribution in [3.05, 3.63) is 40.4 Å². The summed E-state index contributed by atoms with van der Waals surface area (Å²) in [5, 5.41) is 16.6. The Balaban J connectivity index is 2.58. The Morgan fingerprint density at radius 2 is 2.12 bits per heavy atom. The van der Waals surface area contributed by atoms with Crippen LogP contribution in [0.2, 0.25) is 0 Å². The van der Waals surface area contributed by atoms with Gasteiger partial charge in [0.1, 0.15) is 5.52 Å². The molecule has 1 aromatic heterocycles. The van der Waals surface area contributed by atoms with Crippen molar-refractivity contribution < 1.29 is 4.92 Å². The number of hydrogen-bond acceptors (Lipinski definition) is 5. The van der Waals surface area contributed by atoms with Gasteiger partial charge in [0.25, 0.3) is 5.69 Å². The van der Waals surface area contributed by atoms with Crippen molar-refractivity contribution in [3.63, 3.8) is 0 Å². The number of rotatable bonds is 1. The number of nitro groups is 1. The van der Waals surface area contributed by atoms with Crippen LogP contribution in [-0.2, 0) is 0 Å². The van der Waals surface area contributed by atoms with Crippen LogP contribution in [0, 0.1) is 10.1 Å². The van der Waals surface area contributed by atoms with Gasteiger partial charge in [0.15, 0.2) is 4.70 Å². The van der Waals surface area contributed by atoms with Gasteiger partial charge in [-0.25, -0.2) is 0 Å². The molecule has 5 nitrogen and oxygen atoms in total. The molecule has 0 N–H and O–H groups in total. The van der Waals surface area contributed by atoms with Crippen molar-refractivity contribution in [2.45, 2.75) is 0 Å². The van der Waals surface area contributed by atoms with Crippen LogP contribution in [-0.4, -0.2) is 14.5 Å². The van der Waals surface area contributed by atoms with E-state index in [0.717, 1.165) is 22.3 Å². The molecule has 1 heterocycles. The molecule has 78 valence electrons. The standard InChI is InChI=1S/C10H5N3O2S/c14-13(15)8-5-6-3-1-2-4-7(6)9-10(8)16-12-11-9/h1-5H. The van der Waals surface area contributed by atoms with Gasteiger partial charge < -0.3 is 0 Å². The Morgan fingerprint density at radius 3 is 2.94 bits per heavy atom. The van der Waals surface area contributed by atoms with E-state index in [1.54, 1.807) is 6.07 Å². The maximum Gasteiger partial charge on any atom is 0.291 e. The smallest absolute Gasteiger partial charge is 0.258 e. The van der Waals surface area contributed by atoms with Gasteiger partial charge in [0.2, 0.25) is 0 Å². The van der Waals surface area contributed by atoms with Crippen molar-refractivity contribution in [1.82, 2.24) is 9.59 Å². The van der Waals surface area contributed by atoms with Crippen molar-refractivity contribution in [1.29, 1.82) is 0 Å². The van der Waals surface area contributed by atoms with Crippen LogP contribution < -0.4 is 0 Å². The molecule has 0 bridgehead atoms. The Morgan fingerprint density at radius 1 is 1.31 bits per heavy atom. The fourth-order valence-electron chi connectivity index (χ4n) is 1.72. The number of fused-ring (bicyclic) bond motifs is 3. The molecule has 0 saturated heterocycles. The molecular weight excluding hydrogens is 226 g/mol. The van der Waals surface area contributed by atoms with E-state index in [4.69, 9.17) is 0 Å². The SMILES string of the molecule is O=[N+]([O-])c1cc2ccccc2c2nnsc12. The number of nitrogens with zero attached hydrogens (tertiary/aromatic N) is 3. The molecule has 3 aromatic rings. The third kappa shape index (κ3) is 1.17. The lowest BCUT2D eigenvalue weighted by Crippen LogP contribution is -1.88. The summed E-state index contributed by atoms with van der Waals surface area (Å²) < 4.78 is 4.31. The second-order valence-corrected chi connectivity index (χ2v) is 4.08. The van der Waals surface area contributed by atoms with E-state index < -0.39 is 4.92 Å². The van der Waals surface area contributed by atoms with Gasteiger partial charge in [0.05, 0.1) is 4.92 Å². The molecule has 0 saturated carbocycles. The van der Waals surface area contributed by atoms with Crippen molar-refractivity contribution in [2.24, 2.45) is 0 Å². The summed E-state index contributed by atoms with van der Waals surface area (Å²) in [4.78, 5) is 10.5. The first-order valence-electron chi connectivity index (χ1n) is 4.55. The summed E-state index contributed by atoms with van der Waals surface area (Å²) >= 11 is 1.05. The molecule has 0 aliphatic rings. The molecule has 0 unspecified atom stereocenters. The second-order valence-electron chi connectivity index (χ2n) is 3.32. The van der Waals surface area contributed by atoms with Crippen molar-refractivity contribution in [3.8, 4) is 0 Å². The molecule has 16 heavy (non-hydrogen) atoms. The summed E-state index contributed by atoms with van der Waals surface area (Å²) in [6.07, 6.45) is 0. The first-order chi connectivity index (χ1) is 7.77. The lowest BCUT2D eigenvalue weighted by Gasteiger charge is -1.98. The minimum atomic E-state index is -0.394. The lowest BCUT2D eigenvalue weighted by atomic mass is 10.1. The van der Waals surface area contributed by atoms with Crippen LogP contribution in [0.3, 0.4) is 0 Å². The third-order valence-corrected chi connectivity index (χ3v) is 3.17. The predicted octanol–water partition coefficient (Wildman–Crippen LogP) is 2.75. The minimum absolute atomic E-state index is 0.0729. The highest BCUT2D eigenvalue weighted by Gasteiger charge is 2.17. The largest absolute Gasteiger partial charge is 0.291 e. The van der Waals surface area contributed by atoms with Crippen LogP contribution in [0.5, 0.6) is 0 Å². The van der Waals surface area contributed by atoms with E-state index in [0.29, 0.717) is 10.2 Å². The number of nitro benzene ring substituents is 1. The van der Waals surface area contributed by atoms with Crippen LogP contribution in [0.15, 0.2) is 30.3 Å². The highest BCUT2D eigenvalue weighted by atomic mass is 32.1. The highest BCUT2D eigenvalue weighted by molar-refractivity contribution is 7.13. The second kappa shape index (κ2) is 3.21. The molecule has 2 aromatic carbocycles. The zero-order chi connectivity index (χ0) is 11.1. The number of aromatic nitrogens is 2. The Bertz CT molecular complexity index is 707. The van der Waals surface area contributed by atoms with Crippen LogP contribution in [0.4, 0.5) is 5.69 Å². The molecule has 0 radical (unpaired) electrons. The van der Waals surface area contributed by atoms with Crippen LogP contribution in [0.25, 0.3) is 21.0 Å². The summed E-state index contributed by atoms with van der Waals surface area (Å²) in [5.41, 5.74) is 0.679. The van der Waals surface area contributed by atoms with E-state index in [2.05, 4.69) is 9.59 Å². The number of hydrogen-bond donors (Lipinski definition) is 0. The lowest BCUT2D eigenvalue weighted by molar-refractivity contribution is -0.382. The van der Waals surface area contributed by atoms with Gasteiger partial charge in [-0.1, -0.05) is 28.8 Å². The molecular formula is C10H5N3O2S. The van der Waals surface area contributed by atoms with Gasteiger partial charge in [-0.2, -0.15) is 0 Å². The Kier molecular flexibility index (Phi) is 1.84. The average Bonchev–Trinajstić information content (AvgIpc) is 2.76. The summed E-state index contributed by atoms with van der Waals surface area (Å²) in [6, 6.07) is 9.02.